The molecule has 0 saturated heterocycles. The number of unbranched alkanes of at least 4 members (excludes halogenated alkanes) is 26. The lowest BCUT2D eigenvalue weighted by atomic mass is 10.0. The van der Waals surface area contributed by atoms with Crippen LogP contribution in [0.5, 0.6) is 0 Å². The molecule has 0 amide bonds. The Kier molecular flexibility index (Phi) is 60.8. The molecule has 0 N–H and O–H groups in total. The molecule has 0 aromatic heterocycles. The van der Waals surface area contributed by atoms with Crippen molar-refractivity contribution in [3.63, 3.8) is 0 Å². The Morgan fingerprint density at radius 3 is 0.831 bits per heavy atom. The summed E-state index contributed by atoms with van der Waals surface area (Å²) in [6, 6.07) is 0. The molecule has 0 radical (unpaired) electrons. The predicted molar refractivity (Wildman–Crippen MR) is 334 cm³/mol. The minimum atomic E-state index is -0.836. The number of rotatable bonds is 57. The molecule has 0 aliphatic rings. The summed E-state index contributed by atoms with van der Waals surface area (Å²) in [5, 5.41) is 0. The van der Waals surface area contributed by atoms with Crippen molar-refractivity contribution in [2.45, 2.75) is 297 Å². The molecular weight excluding hydrogens is 949 g/mol. The Hall–Kier alpha value is -4.19. The van der Waals surface area contributed by atoms with Gasteiger partial charge in [0, 0.05) is 19.3 Å². The van der Waals surface area contributed by atoms with E-state index in [1.807, 2.05) is 6.08 Å². The first-order valence-corrected chi connectivity index (χ1v) is 32.0. The monoisotopic (exact) mass is 1070 g/mol. The van der Waals surface area contributed by atoms with Crippen molar-refractivity contribution in [2.75, 3.05) is 13.2 Å². The highest BCUT2D eigenvalue weighted by Gasteiger charge is 2.19. The topological polar surface area (TPSA) is 78.9 Å². The van der Waals surface area contributed by atoms with Gasteiger partial charge < -0.3 is 14.2 Å². The first kappa shape index (κ1) is 72.8. The predicted octanol–water partition coefficient (Wildman–Crippen LogP) is 22.0. The van der Waals surface area contributed by atoms with Gasteiger partial charge in [-0.25, -0.2) is 0 Å². The van der Waals surface area contributed by atoms with Crippen LogP contribution < -0.4 is 0 Å². The molecule has 77 heavy (non-hydrogen) atoms. The van der Waals surface area contributed by atoms with Crippen molar-refractivity contribution >= 4 is 17.9 Å². The molecule has 0 spiro atoms. The molecule has 0 fully saturated rings. The second-order valence-electron chi connectivity index (χ2n) is 21.0. The summed E-state index contributed by atoms with van der Waals surface area (Å²) in [5.74, 6) is -1.03. The summed E-state index contributed by atoms with van der Waals surface area (Å²) < 4.78 is 16.8. The highest BCUT2D eigenvalue weighted by Crippen LogP contribution is 2.15. The third-order valence-electron chi connectivity index (χ3n) is 13.4. The molecule has 0 unspecified atom stereocenters. The van der Waals surface area contributed by atoms with Crippen molar-refractivity contribution in [1.29, 1.82) is 0 Å². The smallest absolute Gasteiger partial charge is 0.306 e. The average molecular weight is 1070 g/mol. The van der Waals surface area contributed by atoms with Crippen LogP contribution in [0.3, 0.4) is 0 Å². The number of esters is 3. The van der Waals surface area contributed by atoms with Gasteiger partial charge in [0.05, 0.1) is 0 Å². The Balaban J connectivity index is 4.54. The maximum absolute atomic E-state index is 12.9. The van der Waals surface area contributed by atoms with E-state index >= 15 is 0 Å². The number of hydrogen-bond donors (Lipinski definition) is 0. The summed E-state index contributed by atoms with van der Waals surface area (Å²) in [4.78, 5) is 38.3. The fraction of sp³-hybridized carbons (Fsp3) is 0.676. The molecule has 438 valence electrons. The number of carbonyl (C=O) groups is 3. The van der Waals surface area contributed by atoms with Gasteiger partial charge >= 0.3 is 17.9 Å². The molecule has 6 heteroatoms. The summed E-state index contributed by atoms with van der Waals surface area (Å²) >= 11 is 0. The Bertz CT molecular complexity index is 1600. The van der Waals surface area contributed by atoms with Crippen molar-refractivity contribution in [2.24, 2.45) is 0 Å². The SMILES string of the molecule is CCCCC/C=C\C/C=C\C/C=C\C/C=C\C/C=C\CCC(=O)O[C@H](COC(=O)CCCCC/C=C\C/C=C\C/C=C\C/C=C\CCCCC)COC(=O)CCCCCCCCCCCCC/C=C\CCCCCCCC. The van der Waals surface area contributed by atoms with Gasteiger partial charge in [-0.15, -0.1) is 0 Å². The van der Waals surface area contributed by atoms with E-state index in [9.17, 15) is 14.4 Å². The van der Waals surface area contributed by atoms with Gasteiger partial charge in [-0.2, -0.15) is 0 Å². The number of hydrogen-bond acceptors (Lipinski definition) is 6. The van der Waals surface area contributed by atoms with E-state index < -0.39 is 12.1 Å². The van der Waals surface area contributed by atoms with E-state index in [2.05, 4.69) is 136 Å². The zero-order valence-electron chi connectivity index (χ0n) is 50.2. The number of carbonyl (C=O) groups excluding carboxylic acids is 3. The zero-order chi connectivity index (χ0) is 55.7. The fourth-order valence-electron chi connectivity index (χ4n) is 8.58. The molecule has 0 rings (SSSR count). The highest BCUT2D eigenvalue weighted by molar-refractivity contribution is 5.71. The van der Waals surface area contributed by atoms with Gasteiger partial charge in [-0.1, -0.05) is 264 Å². The van der Waals surface area contributed by atoms with Gasteiger partial charge in [-0.3, -0.25) is 14.4 Å². The molecule has 6 nitrogen and oxygen atoms in total. The normalized spacial score (nSPS) is 12.9. The molecule has 0 saturated carbocycles. The van der Waals surface area contributed by atoms with E-state index in [1.54, 1.807) is 0 Å². The number of ether oxygens (including phenoxy) is 3. The maximum atomic E-state index is 12.9. The number of allylic oxidation sites excluding steroid dienone is 20. The van der Waals surface area contributed by atoms with Crippen LogP contribution in [0.2, 0.25) is 0 Å². The average Bonchev–Trinajstić information content (AvgIpc) is 3.43. The largest absolute Gasteiger partial charge is 0.462 e. The minimum absolute atomic E-state index is 0.120. The lowest BCUT2D eigenvalue weighted by Gasteiger charge is -2.18. The Morgan fingerprint density at radius 2 is 0.494 bits per heavy atom. The van der Waals surface area contributed by atoms with E-state index in [-0.39, 0.29) is 31.6 Å². The van der Waals surface area contributed by atoms with Crippen molar-refractivity contribution in [3.8, 4) is 0 Å². The van der Waals surface area contributed by atoms with Crippen LogP contribution in [-0.2, 0) is 28.6 Å². The summed E-state index contributed by atoms with van der Waals surface area (Å²) in [6.07, 6.45) is 89.2. The van der Waals surface area contributed by atoms with Crippen LogP contribution >= 0.6 is 0 Å². The van der Waals surface area contributed by atoms with E-state index in [4.69, 9.17) is 14.2 Å². The molecule has 0 heterocycles. The summed E-state index contributed by atoms with van der Waals surface area (Å²) in [7, 11) is 0. The maximum Gasteiger partial charge on any atom is 0.306 e. The third kappa shape index (κ3) is 62.5. The van der Waals surface area contributed by atoms with Crippen LogP contribution in [-0.4, -0.2) is 37.2 Å². The highest BCUT2D eigenvalue weighted by atomic mass is 16.6. The van der Waals surface area contributed by atoms with Gasteiger partial charge in [0.1, 0.15) is 13.2 Å². The molecular formula is C71H118O6. The molecule has 0 aliphatic carbocycles. The summed E-state index contributed by atoms with van der Waals surface area (Å²) in [6.45, 7) is 6.51. The lowest BCUT2D eigenvalue weighted by Crippen LogP contribution is -2.30. The van der Waals surface area contributed by atoms with Gasteiger partial charge in [0.2, 0.25) is 0 Å². The van der Waals surface area contributed by atoms with Gasteiger partial charge in [-0.05, 0) is 128 Å². The second-order valence-corrected chi connectivity index (χ2v) is 21.0. The molecule has 0 aromatic rings. The first-order valence-electron chi connectivity index (χ1n) is 32.0. The fourth-order valence-corrected chi connectivity index (χ4v) is 8.58. The van der Waals surface area contributed by atoms with Crippen LogP contribution in [0.15, 0.2) is 122 Å². The second kappa shape index (κ2) is 64.3. The molecule has 0 aliphatic heterocycles. The van der Waals surface area contributed by atoms with Gasteiger partial charge in [0.15, 0.2) is 6.10 Å². The first-order chi connectivity index (χ1) is 38.0. The Morgan fingerprint density at radius 1 is 0.260 bits per heavy atom. The minimum Gasteiger partial charge on any atom is -0.462 e. The van der Waals surface area contributed by atoms with Crippen molar-refractivity contribution < 1.29 is 28.6 Å². The summed E-state index contributed by atoms with van der Waals surface area (Å²) in [5.41, 5.74) is 0. The molecule has 1 atom stereocenters. The quantitative estimate of drug-likeness (QED) is 0.0261. The molecule has 0 bridgehead atoms. The molecule has 0 aromatic carbocycles. The van der Waals surface area contributed by atoms with Crippen LogP contribution in [0.1, 0.15) is 290 Å². The lowest BCUT2D eigenvalue weighted by molar-refractivity contribution is -0.166. The van der Waals surface area contributed by atoms with E-state index in [0.717, 1.165) is 89.9 Å². The van der Waals surface area contributed by atoms with E-state index in [0.29, 0.717) is 19.3 Å². The van der Waals surface area contributed by atoms with Gasteiger partial charge in [0.25, 0.3) is 0 Å². The van der Waals surface area contributed by atoms with Crippen LogP contribution in [0, 0.1) is 0 Å². The Labute approximate surface area is 475 Å². The van der Waals surface area contributed by atoms with Crippen molar-refractivity contribution in [1.82, 2.24) is 0 Å². The van der Waals surface area contributed by atoms with Crippen molar-refractivity contribution in [3.05, 3.63) is 122 Å². The standard InChI is InChI=1S/C71H118O6/c1-4-7-10-13-16-19-22-25-28-31-34-35-38-40-43-46-49-52-55-58-61-64-70(73)76-67-68(77-71(74)65-62-59-56-53-50-47-44-41-37-33-30-27-24-21-18-15-12-9-6-3)66-75-69(72)63-60-57-54-51-48-45-42-39-36-32-29-26-23-20-17-14-11-8-5-2/h17-18,20-21,25-30,36-37,39,41,45,47-48,50,56,59,68H,4-16,19,22-24,31-35,38,40,42-44,46,49,51-55,57-58,60-67H2,1-3H3/b20-17-,21-18-,28-25-,29-26-,30-27-,39-36-,41-37-,48-45-,50-47-,59-56-/t68-/m1/s1. The van der Waals surface area contributed by atoms with E-state index in [1.165, 1.54) is 154 Å². The van der Waals surface area contributed by atoms with Crippen LogP contribution in [0.25, 0.3) is 0 Å². The third-order valence-corrected chi connectivity index (χ3v) is 13.4. The zero-order valence-corrected chi connectivity index (χ0v) is 50.2. The van der Waals surface area contributed by atoms with Crippen LogP contribution in [0.4, 0.5) is 0 Å².